The Morgan fingerprint density at radius 2 is 2.21 bits per heavy atom. The Morgan fingerprint density at radius 1 is 1.42 bits per heavy atom. The number of rotatable bonds is 5. The number of ether oxygens (including phenoxy) is 2. The van der Waals surface area contributed by atoms with Gasteiger partial charge in [-0.3, -0.25) is 0 Å². The molecule has 5 nitrogen and oxygen atoms in total. The second-order valence-corrected chi connectivity index (χ2v) is 4.58. The second kappa shape index (κ2) is 6.54. The van der Waals surface area contributed by atoms with Crippen LogP contribution in [0.1, 0.15) is 24.8 Å². The van der Waals surface area contributed by atoms with Crippen LogP contribution >= 0.6 is 0 Å². The van der Waals surface area contributed by atoms with Crippen molar-refractivity contribution in [2.45, 2.75) is 38.1 Å². The van der Waals surface area contributed by atoms with Crippen molar-refractivity contribution in [1.29, 1.82) is 0 Å². The summed E-state index contributed by atoms with van der Waals surface area (Å²) in [6.45, 7) is 0.685. The van der Waals surface area contributed by atoms with Crippen LogP contribution in [0.3, 0.4) is 0 Å². The summed E-state index contributed by atoms with van der Waals surface area (Å²) in [4.78, 5) is 10.7. The van der Waals surface area contributed by atoms with Gasteiger partial charge in [-0.2, -0.15) is 0 Å². The molecule has 1 aliphatic heterocycles. The maximum atomic E-state index is 10.7. The van der Waals surface area contributed by atoms with E-state index in [1.165, 1.54) is 0 Å². The Kier molecular flexibility index (Phi) is 4.76. The lowest BCUT2D eigenvalue weighted by Crippen LogP contribution is -2.26. The van der Waals surface area contributed by atoms with E-state index in [0.29, 0.717) is 17.9 Å². The normalized spacial score (nSPS) is 20.8. The molecule has 104 valence electrons. The first-order chi connectivity index (χ1) is 9.16. The van der Waals surface area contributed by atoms with Gasteiger partial charge >= 0.3 is 5.97 Å². The van der Waals surface area contributed by atoms with Gasteiger partial charge in [-0.05, 0) is 24.5 Å². The minimum Gasteiger partial charge on any atom is -0.479 e. The van der Waals surface area contributed by atoms with Gasteiger partial charge in [0.05, 0.1) is 6.61 Å². The molecular formula is C14H18O5. The summed E-state index contributed by atoms with van der Waals surface area (Å²) in [5, 5.41) is 18.2. The fraction of sp³-hybridized carbons (Fsp3) is 0.500. The van der Waals surface area contributed by atoms with Crippen LogP contribution in [0.2, 0.25) is 0 Å². The van der Waals surface area contributed by atoms with Crippen molar-refractivity contribution in [3.05, 3.63) is 29.8 Å². The molecule has 2 N–H and O–H groups in total. The van der Waals surface area contributed by atoms with E-state index >= 15 is 0 Å². The highest BCUT2D eigenvalue weighted by Crippen LogP contribution is 2.24. The Morgan fingerprint density at radius 3 is 2.89 bits per heavy atom. The minimum absolute atomic E-state index is 0.0260. The molecule has 19 heavy (non-hydrogen) atoms. The van der Waals surface area contributed by atoms with E-state index in [2.05, 4.69) is 0 Å². The van der Waals surface area contributed by atoms with Crippen LogP contribution < -0.4 is 4.74 Å². The average molecular weight is 266 g/mol. The lowest BCUT2D eigenvalue weighted by Gasteiger charge is -2.24. The highest BCUT2D eigenvalue weighted by Gasteiger charge is 2.19. The number of carboxylic acids is 1. The molecule has 2 rings (SSSR count). The van der Waals surface area contributed by atoms with Crippen molar-refractivity contribution >= 4 is 5.97 Å². The van der Waals surface area contributed by atoms with Crippen LogP contribution in [0, 0.1) is 0 Å². The van der Waals surface area contributed by atoms with Crippen LogP contribution in [0.5, 0.6) is 5.75 Å². The molecule has 0 amide bonds. The molecule has 0 radical (unpaired) electrons. The van der Waals surface area contributed by atoms with Crippen LogP contribution in [-0.4, -0.2) is 35.2 Å². The molecule has 1 aromatic rings. The number of carboxylic acid groups (broad SMARTS) is 1. The maximum absolute atomic E-state index is 10.7. The molecule has 5 heteroatoms. The molecule has 0 saturated carbocycles. The second-order valence-electron chi connectivity index (χ2n) is 4.58. The van der Waals surface area contributed by atoms with Crippen LogP contribution in [-0.2, 0) is 16.0 Å². The molecule has 1 unspecified atom stereocenters. The molecule has 1 saturated heterocycles. The van der Waals surface area contributed by atoms with E-state index in [1.54, 1.807) is 18.2 Å². The number of hydrogen-bond donors (Lipinski definition) is 2. The van der Waals surface area contributed by atoms with Crippen molar-refractivity contribution in [2.75, 3.05) is 6.61 Å². The number of aliphatic carboxylic acids is 1. The smallest absolute Gasteiger partial charge is 0.332 e. The van der Waals surface area contributed by atoms with E-state index in [4.69, 9.17) is 14.6 Å². The van der Waals surface area contributed by atoms with Crippen molar-refractivity contribution < 1.29 is 24.5 Å². The van der Waals surface area contributed by atoms with Crippen molar-refractivity contribution in [3.8, 4) is 5.75 Å². The summed E-state index contributed by atoms with van der Waals surface area (Å²) in [7, 11) is 0. The SMILES string of the molecule is O=C(O)[C@H](O)Cc1ccccc1OC1CCCCO1. The van der Waals surface area contributed by atoms with Gasteiger partial charge in [0.1, 0.15) is 5.75 Å². The fourth-order valence-electron chi connectivity index (χ4n) is 2.03. The van der Waals surface area contributed by atoms with E-state index < -0.39 is 12.1 Å². The maximum Gasteiger partial charge on any atom is 0.332 e. The van der Waals surface area contributed by atoms with Crippen LogP contribution in [0.25, 0.3) is 0 Å². The largest absolute Gasteiger partial charge is 0.479 e. The van der Waals surface area contributed by atoms with Gasteiger partial charge in [0.2, 0.25) is 0 Å². The molecule has 2 atom stereocenters. The zero-order chi connectivity index (χ0) is 13.7. The lowest BCUT2D eigenvalue weighted by molar-refractivity contribution is -0.146. The molecule has 1 aromatic carbocycles. The topological polar surface area (TPSA) is 76.0 Å². The van der Waals surface area contributed by atoms with Crippen LogP contribution in [0.15, 0.2) is 24.3 Å². The number of aliphatic hydroxyl groups is 1. The van der Waals surface area contributed by atoms with E-state index in [1.807, 2.05) is 6.07 Å². The molecule has 0 bridgehead atoms. The first kappa shape index (κ1) is 13.8. The van der Waals surface area contributed by atoms with Gasteiger partial charge in [-0.1, -0.05) is 18.2 Å². The number of aliphatic hydroxyl groups excluding tert-OH is 1. The zero-order valence-electron chi connectivity index (χ0n) is 10.6. The van der Waals surface area contributed by atoms with Gasteiger partial charge in [-0.25, -0.2) is 4.79 Å². The molecule has 0 aromatic heterocycles. The number of carbonyl (C=O) groups is 1. The summed E-state index contributed by atoms with van der Waals surface area (Å²) in [5.41, 5.74) is 0.673. The monoisotopic (exact) mass is 266 g/mol. The summed E-state index contributed by atoms with van der Waals surface area (Å²) in [6, 6.07) is 7.12. The molecule has 1 fully saturated rings. The molecule has 1 heterocycles. The predicted octanol–water partition coefficient (Wildman–Crippen LogP) is 1.58. The Hall–Kier alpha value is -1.59. The summed E-state index contributed by atoms with van der Waals surface area (Å²) < 4.78 is 11.2. The predicted molar refractivity (Wildman–Crippen MR) is 68.0 cm³/mol. The van der Waals surface area contributed by atoms with Crippen molar-refractivity contribution in [3.63, 3.8) is 0 Å². The zero-order valence-corrected chi connectivity index (χ0v) is 10.6. The van der Waals surface area contributed by atoms with E-state index in [-0.39, 0.29) is 12.7 Å². The van der Waals surface area contributed by atoms with Crippen molar-refractivity contribution in [1.82, 2.24) is 0 Å². The average Bonchev–Trinajstić information content (AvgIpc) is 2.42. The van der Waals surface area contributed by atoms with Gasteiger partial charge < -0.3 is 19.7 Å². The lowest BCUT2D eigenvalue weighted by atomic mass is 10.1. The summed E-state index contributed by atoms with van der Waals surface area (Å²) >= 11 is 0. The highest BCUT2D eigenvalue weighted by atomic mass is 16.7. The van der Waals surface area contributed by atoms with Crippen molar-refractivity contribution in [2.24, 2.45) is 0 Å². The summed E-state index contributed by atoms with van der Waals surface area (Å²) in [6.07, 6.45) is 1.26. The third kappa shape index (κ3) is 3.94. The van der Waals surface area contributed by atoms with Gasteiger partial charge in [-0.15, -0.1) is 0 Å². The Bertz CT molecular complexity index is 426. The minimum atomic E-state index is -1.42. The Balaban J connectivity index is 2.04. The molecule has 0 spiro atoms. The van der Waals surface area contributed by atoms with E-state index in [9.17, 15) is 9.90 Å². The molecule has 1 aliphatic rings. The Labute approximate surface area is 111 Å². The number of hydrogen-bond acceptors (Lipinski definition) is 4. The standard InChI is InChI=1S/C14H18O5/c15-11(14(16)17)9-10-5-1-2-6-12(10)19-13-7-3-4-8-18-13/h1-2,5-6,11,13,15H,3-4,7-9H2,(H,16,17)/t11-,13?/m1/s1. The number of benzene rings is 1. The van der Waals surface area contributed by atoms with Crippen LogP contribution in [0.4, 0.5) is 0 Å². The molecular weight excluding hydrogens is 248 g/mol. The molecule has 0 aliphatic carbocycles. The van der Waals surface area contributed by atoms with E-state index in [0.717, 1.165) is 19.3 Å². The van der Waals surface area contributed by atoms with Gasteiger partial charge in [0.15, 0.2) is 12.4 Å². The first-order valence-electron chi connectivity index (χ1n) is 6.44. The fourth-order valence-corrected chi connectivity index (χ4v) is 2.03. The third-order valence-electron chi connectivity index (χ3n) is 3.07. The van der Waals surface area contributed by atoms with Gasteiger partial charge in [0.25, 0.3) is 0 Å². The quantitative estimate of drug-likeness (QED) is 0.846. The van der Waals surface area contributed by atoms with Gasteiger partial charge in [0, 0.05) is 12.8 Å². The highest BCUT2D eigenvalue weighted by molar-refractivity contribution is 5.72. The third-order valence-corrected chi connectivity index (χ3v) is 3.07. The first-order valence-corrected chi connectivity index (χ1v) is 6.44. The summed E-state index contributed by atoms with van der Waals surface area (Å²) in [5.74, 6) is -0.654. The number of para-hydroxylation sites is 1.